The molecule has 0 bridgehead atoms. The lowest BCUT2D eigenvalue weighted by atomic mass is 10.2. The van der Waals surface area contributed by atoms with E-state index in [0.29, 0.717) is 24.7 Å². The SMILES string of the molecule is CCOc1ccccc1CN=NOC(=O)ON=NCc1ccccc1OCC. The van der Waals surface area contributed by atoms with Crippen LogP contribution in [0.4, 0.5) is 4.79 Å². The number of hydrogen-bond acceptors (Lipinski definition) is 9. The van der Waals surface area contributed by atoms with Crippen molar-refractivity contribution in [1.82, 2.24) is 0 Å². The third-order valence-corrected chi connectivity index (χ3v) is 3.37. The Hall–Kier alpha value is -3.49. The van der Waals surface area contributed by atoms with Crippen molar-refractivity contribution in [1.29, 1.82) is 0 Å². The number of para-hydroxylation sites is 2. The van der Waals surface area contributed by atoms with Crippen LogP contribution in [0.15, 0.2) is 69.3 Å². The Kier molecular flexibility index (Phi) is 8.92. The fourth-order valence-corrected chi connectivity index (χ4v) is 2.21. The predicted molar refractivity (Wildman–Crippen MR) is 99.9 cm³/mol. The summed E-state index contributed by atoms with van der Waals surface area (Å²) >= 11 is 0. The third-order valence-electron chi connectivity index (χ3n) is 3.37. The minimum Gasteiger partial charge on any atom is -0.494 e. The van der Waals surface area contributed by atoms with E-state index in [1.165, 1.54) is 0 Å². The van der Waals surface area contributed by atoms with Crippen LogP contribution in [-0.2, 0) is 22.8 Å². The summed E-state index contributed by atoms with van der Waals surface area (Å²) in [5.41, 5.74) is 1.63. The van der Waals surface area contributed by atoms with Gasteiger partial charge in [-0.3, -0.25) is 9.68 Å². The highest BCUT2D eigenvalue weighted by molar-refractivity contribution is 5.58. The highest BCUT2D eigenvalue weighted by atomic mass is 16.9. The molecule has 0 saturated carbocycles. The average Bonchev–Trinajstić information content (AvgIpc) is 2.71. The van der Waals surface area contributed by atoms with E-state index in [4.69, 9.17) is 9.47 Å². The summed E-state index contributed by atoms with van der Waals surface area (Å²) in [6, 6.07) is 14.8. The fourth-order valence-electron chi connectivity index (χ4n) is 2.21. The summed E-state index contributed by atoms with van der Waals surface area (Å²) in [6.45, 7) is 5.25. The summed E-state index contributed by atoms with van der Waals surface area (Å²) in [5, 5.41) is 14.2. The van der Waals surface area contributed by atoms with E-state index in [9.17, 15) is 4.79 Å². The number of hydrogen-bond donors (Lipinski definition) is 0. The molecule has 28 heavy (non-hydrogen) atoms. The van der Waals surface area contributed by atoms with Gasteiger partial charge in [0.1, 0.15) is 11.5 Å². The molecule has 0 aliphatic heterocycles. The smallest absolute Gasteiger partial charge is 0.494 e. The Bertz CT molecular complexity index is 745. The summed E-state index contributed by atoms with van der Waals surface area (Å²) < 4.78 is 10.9. The maximum atomic E-state index is 11.4. The van der Waals surface area contributed by atoms with Crippen molar-refractivity contribution in [3.63, 3.8) is 0 Å². The van der Waals surface area contributed by atoms with Crippen LogP contribution >= 0.6 is 0 Å². The first-order chi connectivity index (χ1) is 13.7. The summed E-state index contributed by atoms with van der Waals surface area (Å²) in [6.07, 6.45) is -1.14. The van der Waals surface area contributed by atoms with Crippen LogP contribution in [0.1, 0.15) is 25.0 Å². The molecule has 9 nitrogen and oxygen atoms in total. The second-order valence-corrected chi connectivity index (χ2v) is 5.28. The third kappa shape index (κ3) is 7.02. The zero-order chi connectivity index (χ0) is 20.0. The standard InChI is InChI=1S/C19H22N4O5/c1-3-25-17-11-7-5-9-15(17)13-20-22-27-19(24)28-23-21-14-16-10-6-8-12-18(16)26-4-2/h5-12H,3-4,13-14H2,1-2H3. The van der Waals surface area contributed by atoms with E-state index < -0.39 is 6.16 Å². The number of nitrogens with zero attached hydrogens (tertiary/aromatic N) is 4. The zero-order valence-corrected chi connectivity index (χ0v) is 15.8. The Morgan fingerprint density at radius 1 is 0.750 bits per heavy atom. The van der Waals surface area contributed by atoms with Crippen LogP contribution in [0.2, 0.25) is 0 Å². The Morgan fingerprint density at radius 3 is 1.61 bits per heavy atom. The van der Waals surface area contributed by atoms with Gasteiger partial charge in [-0.05, 0) is 26.0 Å². The molecular formula is C19H22N4O5. The van der Waals surface area contributed by atoms with Gasteiger partial charge >= 0.3 is 6.16 Å². The van der Waals surface area contributed by atoms with Crippen molar-refractivity contribution < 1.29 is 23.9 Å². The molecule has 0 N–H and O–H groups in total. The minimum absolute atomic E-state index is 0.194. The Labute approximate surface area is 162 Å². The molecule has 0 unspecified atom stereocenters. The van der Waals surface area contributed by atoms with E-state index in [1.54, 1.807) is 0 Å². The first kappa shape index (κ1) is 20.8. The van der Waals surface area contributed by atoms with Crippen LogP contribution in [0.25, 0.3) is 0 Å². The van der Waals surface area contributed by atoms with Crippen molar-refractivity contribution in [3.05, 3.63) is 59.7 Å². The molecule has 2 rings (SSSR count). The largest absolute Gasteiger partial charge is 0.565 e. The number of ether oxygens (including phenoxy) is 2. The predicted octanol–water partition coefficient (Wildman–Crippen LogP) is 5.07. The second-order valence-electron chi connectivity index (χ2n) is 5.28. The van der Waals surface area contributed by atoms with E-state index in [0.717, 1.165) is 11.1 Å². The second kappa shape index (κ2) is 12.0. The van der Waals surface area contributed by atoms with Gasteiger partial charge in [-0.25, -0.2) is 0 Å². The van der Waals surface area contributed by atoms with Gasteiger partial charge in [-0.1, -0.05) is 36.4 Å². The fraction of sp³-hybridized carbons (Fsp3) is 0.316. The quantitative estimate of drug-likeness (QED) is 0.419. The first-order valence-electron chi connectivity index (χ1n) is 8.77. The molecule has 9 heteroatoms. The van der Waals surface area contributed by atoms with Crippen molar-refractivity contribution in [3.8, 4) is 11.5 Å². The molecule has 0 heterocycles. The zero-order valence-electron chi connectivity index (χ0n) is 15.8. The maximum Gasteiger partial charge on any atom is 0.565 e. The normalized spacial score (nSPS) is 10.9. The van der Waals surface area contributed by atoms with Crippen molar-refractivity contribution in [2.24, 2.45) is 20.8 Å². The number of rotatable bonds is 10. The molecule has 2 aromatic rings. The van der Waals surface area contributed by atoms with Crippen LogP contribution in [0.5, 0.6) is 11.5 Å². The molecular weight excluding hydrogens is 364 g/mol. The molecule has 0 fully saturated rings. The molecule has 0 saturated heterocycles. The lowest BCUT2D eigenvalue weighted by Crippen LogP contribution is -1.99. The van der Waals surface area contributed by atoms with Crippen molar-refractivity contribution >= 4 is 6.16 Å². The molecule has 0 amide bonds. The first-order valence-corrected chi connectivity index (χ1v) is 8.77. The summed E-state index contributed by atoms with van der Waals surface area (Å²) in [5.74, 6) is 1.40. The van der Waals surface area contributed by atoms with E-state index in [-0.39, 0.29) is 13.1 Å². The van der Waals surface area contributed by atoms with Gasteiger partial charge < -0.3 is 9.47 Å². The number of benzene rings is 2. The van der Waals surface area contributed by atoms with Gasteiger partial charge in [-0.15, -0.1) is 10.2 Å². The average molecular weight is 386 g/mol. The monoisotopic (exact) mass is 386 g/mol. The Balaban J connectivity index is 1.74. The van der Waals surface area contributed by atoms with Gasteiger partial charge in [0.05, 0.1) is 26.3 Å². The maximum absolute atomic E-state index is 11.4. The molecule has 2 aromatic carbocycles. The molecule has 0 aliphatic rings. The van der Waals surface area contributed by atoms with Gasteiger partial charge in [0.15, 0.2) is 0 Å². The van der Waals surface area contributed by atoms with Gasteiger partial charge in [0, 0.05) is 21.7 Å². The molecule has 0 spiro atoms. The topological polar surface area (TPSA) is 103 Å². The summed E-state index contributed by atoms with van der Waals surface area (Å²) in [4.78, 5) is 20.3. The number of carbonyl (C=O) groups is 1. The van der Waals surface area contributed by atoms with E-state index in [2.05, 4.69) is 30.5 Å². The van der Waals surface area contributed by atoms with Crippen LogP contribution in [-0.4, -0.2) is 19.4 Å². The molecule has 0 aliphatic carbocycles. The molecule has 0 radical (unpaired) electrons. The molecule has 148 valence electrons. The van der Waals surface area contributed by atoms with E-state index in [1.807, 2.05) is 62.4 Å². The number of carbonyl (C=O) groups excluding carboxylic acids is 1. The van der Waals surface area contributed by atoms with Gasteiger partial charge in [0.2, 0.25) is 0 Å². The van der Waals surface area contributed by atoms with Crippen LogP contribution < -0.4 is 9.47 Å². The summed E-state index contributed by atoms with van der Waals surface area (Å²) in [7, 11) is 0. The van der Waals surface area contributed by atoms with Crippen LogP contribution in [0, 0.1) is 0 Å². The van der Waals surface area contributed by atoms with Gasteiger partial charge in [-0.2, -0.15) is 4.79 Å². The lowest BCUT2D eigenvalue weighted by Gasteiger charge is -2.06. The van der Waals surface area contributed by atoms with E-state index >= 15 is 0 Å². The molecule has 0 atom stereocenters. The highest BCUT2D eigenvalue weighted by Gasteiger charge is 2.05. The minimum atomic E-state index is -1.14. The lowest BCUT2D eigenvalue weighted by molar-refractivity contribution is 0.0455. The highest BCUT2D eigenvalue weighted by Crippen LogP contribution is 2.19. The molecule has 0 aromatic heterocycles. The van der Waals surface area contributed by atoms with Crippen molar-refractivity contribution in [2.45, 2.75) is 26.9 Å². The Morgan fingerprint density at radius 2 is 1.18 bits per heavy atom. The van der Waals surface area contributed by atoms with Gasteiger partial charge in [0.25, 0.3) is 0 Å². The van der Waals surface area contributed by atoms with Crippen molar-refractivity contribution in [2.75, 3.05) is 13.2 Å². The van der Waals surface area contributed by atoms with Crippen LogP contribution in [0.3, 0.4) is 0 Å².